The number of ether oxygens (including phenoxy) is 1. The largest absolute Gasteiger partial charge is 0.478 e. The topological polar surface area (TPSA) is 46.5 Å². The molecule has 1 aromatic rings. The van der Waals surface area contributed by atoms with Gasteiger partial charge >= 0.3 is 5.97 Å². The summed E-state index contributed by atoms with van der Waals surface area (Å²) in [5, 5.41) is 9.30. The van der Waals surface area contributed by atoms with Crippen molar-refractivity contribution >= 4 is 21.9 Å². The summed E-state index contributed by atoms with van der Waals surface area (Å²) in [7, 11) is 0. The van der Waals surface area contributed by atoms with Crippen LogP contribution in [-0.4, -0.2) is 16.4 Å². The minimum absolute atomic E-state index is 0.134. The number of carbonyl (C=O) groups is 1. The Morgan fingerprint density at radius 2 is 2.14 bits per heavy atom. The van der Waals surface area contributed by atoms with Crippen LogP contribution in [0, 0.1) is 0 Å². The maximum Gasteiger partial charge on any atom is 0.339 e. The van der Waals surface area contributed by atoms with Gasteiger partial charge in [-0.3, -0.25) is 0 Å². The number of carboxylic acids is 1. The normalized spacial score (nSPS) is 9.50. The maximum atomic E-state index is 10.8. The predicted molar refractivity (Wildman–Crippen MR) is 57.0 cm³/mol. The molecule has 1 N–H and O–H groups in total. The number of halogens is 1. The standard InChI is InChI=1S/C10H9BrO3/c1-7(6-11)14-9-5-3-2-4-8(9)10(12)13/h2-5H,1,6H2,(H,12,13). The van der Waals surface area contributed by atoms with Crippen molar-refractivity contribution in [2.75, 3.05) is 5.33 Å². The Labute approximate surface area is 90.1 Å². The fraction of sp³-hybridized carbons (Fsp3) is 0.100. The van der Waals surface area contributed by atoms with Crippen molar-refractivity contribution in [1.82, 2.24) is 0 Å². The molecule has 0 saturated carbocycles. The molecule has 0 saturated heterocycles. The summed E-state index contributed by atoms with van der Waals surface area (Å²) in [5.74, 6) is -0.230. The van der Waals surface area contributed by atoms with E-state index in [1.54, 1.807) is 18.2 Å². The fourth-order valence-corrected chi connectivity index (χ4v) is 1.03. The second-order valence-electron chi connectivity index (χ2n) is 2.58. The van der Waals surface area contributed by atoms with Crippen LogP contribution in [0.2, 0.25) is 0 Å². The van der Waals surface area contributed by atoms with Crippen LogP contribution in [0.25, 0.3) is 0 Å². The Balaban J connectivity index is 2.95. The van der Waals surface area contributed by atoms with Gasteiger partial charge in [-0.15, -0.1) is 0 Å². The Bertz CT molecular complexity index is 360. The molecule has 4 heteroatoms. The molecule has 1 aromatic carbocycles. The first-order valence-electron chi connectivity index (χ1n) is 3.89. The molecule has 0 amide bonds. The second-order valence-corrected chi connectivity index (χ2v) is 3.14. The molecule has 0 unspecified atom stereocenters. The molecule has 0 aliphatic carbocycles. The third kappa shape index (κ3) is 2.60. The highest BCUT2D eigenvalue weighted by atomic mass is 79.9. The average molecular weight is 257 g/mol. The molecule has 3 nitrogen and oxygen atoms in total. The molecule has 14 heavy (non-hydrogen) atoms. The Hall–Kier alpha value is -1.29. The molecule has 74 valence electrons. The molecule has 0 spiro atoms. The Kier molecular flexibility index (Phi) is 3.71. The lowest BCUT2D eigenvalue weighted by molar-refractivity contribution is 0.0694. The first-order chi connectivity index (χ1) is 6.65. The number of alkyl halides is 1. The molecular formula is C10H9BrO3. The fourth-order valence-electron chi connectivity index (χ4n) is 0.915. The number of rotatable bonds is 4. The molecule has 1 rings (SSSR count). The summed E-state index contributed by atoms with van der Waals surface area (Å²) in [6, 6.07) is 6.44. The van der Waals surface area contributed by atoms with Crippen molar-refractivity contribution in [1.29, 1.82) is 0 Å². The molecule has 0 bridgehead atoms. The summed E-state index contributed by atoms with van der Waals surface area (Å²) in [6.07, 6.45) is 0. The van der Waals surface area contributed by atoms with Crippen LogP contribution < -0.4 is 4.74 Å². The monoisotopic (exact) mass is 256 g/mol. The van der Waals surface area contributed by atoms with Crippen molar-refractivity contribution in [2.45, 2.75) is 0 Å². The van der Waals surface area contributed by atoms with Gasteiger partial charge in [-0.25, -0.2) is 4.79 Å². The van der Waals surface area contributed by atoms with E-state index in [4.69, 9.17) is 9.84 Å². The van der Waals surface area contributed by atoms with E-state index in [0.717, 1.165) is 0 Å². The molecule has 0 fully saturated rings. The number of aromatic carboxylic acids is 1. The number of carboxylic acid groups (broad SMARTS) is 1. The quantitative estimate of drug-likeness (QED) is 0.666. The first-order valence-corrected chi connectivity index (χ1v) is 5.01. The van der Waals surface area contributed by atoms with Gasteiger partial charge < -0.3 is 9.84 Å². The lowest BCUT2D eigenvalue weighted by atomic mass is 10.2. The Morgan fingerprint density at radius 3 is 2.71 bits per heavy atom. The van der Waals surface area contributed by atoms with Gasteiger partial charge in [0.2, 0.25) is 0 Å². The highest BCUT2D eigenvalue weighted by molar-refractivity contribution is 9.09. The molecular weight excluding hydrogens is 248 g/mol. The van der Waals surface area contributed by atoms with Gasteiger partial charge in [-0.05, 0) is 12.1 Å². The van der Waals surface area contributed by atoms with E-state index < -0.39 is 5.97 Å². The van der Waals surface area contributed by atoms with E-state index in [1.165, 1.54) is 6.07 Å². The van der Waals surface area contributed by atoms with Crippen molar-refractivity contribution in [3.63, 3.8) is 0 Å². The summed E-state index contributed by atoms with van der Waals surface area (Å²) >= 11 is 3.16. The van der Waals surface area contributed by atoms with Gasteiger partial charge in [0, 0.05) is 0 Å². The molecule has 0 aliphatic heterocycles. The highest BCUT2D eigenvalue weighted by Gasteiger charge is 2.10. The van der Waals surface area contributed by atoms with Crippen molar-refractivity contribution < 1.29 is 14.6 Å². The van der Waals surface area contributed by atoms with Gasteiger partial charge in [-0.2, -0.15) is 0 Å². The van der Waals surface area contributed by atoms with E-state index in [2.05, 4.69) is 22.5 Å². The van der Waals surface area contributed by atoms with Crippen LogP contribution in [0.3, 0.4) is 0 Å². The van der Waals surface area contributed by atoms with Crippen LogP contribution >= 0.6 is 15.9 Å². The molecule has 0 atom stereocenters. The number of benzene rings is 1. The van der Waals surface area contributed by atoms with Crippen LogP contribution in [0.5, 0.6) is 5.75 Å². The lowest BCUT2D eigenvalue weighted by Gasteiger charge is -2.08. The summed E-state index contributed by atoms with van der Waals surface area (Å²) in [4.78, 5) is 10.8. The van der Waals surface area contributed by atoms with Gasteiger partial charge in [0.15, 0.2) is 0 Å². The van der Waals surface area contributed by atoms with Crippen molar-refractivity contribution in [2.24, 2.45) is 0 Å². The SMILES string of the molecule is C=C(CBr)Oc1ccccc1C(=O)O. The minimum Gasteiger partial charge on any atom is -0.478 e. The summed E-state index contributed by atoms with van der Waals surface area (Å²) in [6.45, 7) is 3.61. The van der Waals surface area contributed by atoms with Gasteiger partial charge in [0.25, 0.3) is 0 Å². The Morgan fingerprint density at radius 1 is 1.50 bits per heavy atom. The summed E-state index contributed by atoms with van der Waals surface area (Å²) in [5.41, 5.74) is 0.134. The van der Waals surface area contributed by atoms with Crippen LogP contribution in [0.4, 0.5) is 0 Å². The third-order valence-electron chi connectivity index (χ3n) is 1.52. The zero-order valence-electron chi connectivity index (χ0n) is 7.37. The van der Waals surface area contributed by atoms with Gasteiger partial charge in [0.05, 0.1) is 5.33 Å². The van der Waals surface area contributed by atoms with E-state index in [9.17, 15) is 4.79 Å². The van der Waals surface area contributed by atoms with E-state index in [-0.39, 0.29) is 5.56 Å². The average Bonchev–Trinajstić information content (AvgIpc) is 2.18. The van der Waals surface area contributed by atoms with Crippen LogP contribution in [-0.2, 0) is 0 Å². The number of hydrogen-bond donors (Lipinski definition) is 1. The van der Waals surface area contributed by atoms with Crippen molar-refractivity contribution in [3.8, 4) is 5.75 Å². The van der Waals surface area contributed by atoms with Crippen LogP contribution in [0.1, 0.15) is 10.4 Å². The zero-order chi connectivity index (χ0) is 10.6. The molecule has 0 aromatic heterocycles. The first kappa shape index (κ1) is 10.8. The molecule has 0 aliphatic rings. The molecule has 0 heterocycles. The van der Waals surface area contributed by atoms with E-state index in [1.807, 2.05) is 0 Å². The van der Waals surface area contributed by atoms with Crippen molar-refractivity contribution in [3.05, 3.63) is 42.2 Å². The second kappa shape index (κ2) is 4.81. The smallest absolute Gasteiger partial charge is 0.339 e. The lowest BCUT2D eigenvalue weighted by Crippen LogP contribution is -2.02. The predicted octanol–water partition coefficient (Wildman–Crippen LogP) is 2.67. The van der Waals surface area contributed by atoms with Crippen LogP contribution in [0.15, 0.2) is 36.6 Å². The number of hydrogen-bond acceptors (Lipinski definition) is 2. The van der Waals surface area contributed by atoms with Gasteiger partial charge in [-0.1, -0.05) is 34.6 Å². The molecule has 0 radical (unpaired) electrons. The maximum absolute atomic E-state index is 10.8. The highest BCUT2D eigenvalue weighted by Crippen LogP contribution is 2.20. The summed E-state index contributed by atoms with van der Waals surface area (Å²) < 4.78 is 5.23. The van der Waals surface area contributed by atoms with Gasteiger partial charge in [0.1, 0.15) is 17.1 Å². The number of allylic oxidation sites excluding steroid dienone is 1. The number of para-hydroxylation sites is 1. The minimum atomic E-state index is -1.01. The zero-order valence-corrected chi connectivity index (χ0v) is 8.95. The van der Waals surface area contributed by atoms with E-state index >= 15 is 0 Å². The van der Waals surface area contributed by atoms with E-state index in [0.29, 0.717) is 16.8 Å². The third-order valence-corrected chi connectivity index (χ3v) is 2.15.